The molecule has 1 N–H and O–H groups in total. The number of rotatable bonds is 3. The SMILES string of the molecule is CCC1CCCCN1CC1(O)CCCCC1. The van der Waals surface area contributed by atoms with E-state index in [0.29, 0.717) is 0 Å². The van der Waals surface area contributed by atoms with E-state index >= 15 is 0 Å². The smallest absolute Gasteiger partial charge is 0.0774 e. The monoisotopic (exact) mass is 225 g/mol. The van der Waals surface area contributed by atoms with Gasteiger partial charge in [0.15, 0.2) is 0 Å². The Balaban J connectivity index is 1.90. The van der Waals surface area contributed by atoms with E-state index in [4.69, 9.17) is 0 Å². The van der Waals surface area contributed by atoms with E-state index in [1.807, 2.05) is 0 Å². The van der Waals surface area contributed by atoms with Gasteiger partial charge in [-0.15, -0.1) is 0 Å². The lowest BCUT2D eigenvalue weighted by Gasteiger charge is -2.42. The standard InChI is InChI=1S/C14H27NO/c1-2-13-8-4-7-11-15(13)12-14(16)9-5-3-6-10-14/h13,16H,2-12H2,1H3. The third-order valence-electron chi connectivity index (χ3n) is 4.50. The molecule has 2 aliphatic rings. The molecular formula is C14H27NO. The van der Waals surface area contributed by atoms with Gasteiger partial charge < -0.3 is 5.11 Å². The van der Waals surface area contributed by atoms with Crippen molar-refractivity contribution in [2.75, 3.05) is 13.1 Å². The Morgan fingerprint density at radius 2 is 1.88 bits per heavy atom. The first-order valence-electron chi connectivity index (χ1n) is 7.20. The fraction of sp³-hybridized carbons (Fsp3) is 1.00. The summed E-state index contributed by atoms with van der Waals surface area (Å²) in [6.07, 6.45) is 11.1. The largest absolute Gasteiger partial charge is 0.389 e. The van der Waals surface area contributed by atoms with Gasteiger partial charge in [0.2, 0.25) is 0 Å². The number of nitrogens with zero attached hydrogens (tertiary/aromatic N) is 1. The molecule has 16 heavy (non-hydrogen) atoms. The minimum absolute atomic E-state index is 0.358. The highest BCUT2D eigenvalue weighted by Crippen LogP contribution is 2.31. The average molecular weight is 225 g/mol. The average Bonchev–Trinajstić information content (AvgIpc) is 2.30. The van der Waals surface area contributed by atoms with Crippen LogP contribution in [0.4, 0.5) is 0 Å². The lowest BCUT2D eigenvalue weighted by Crippen LogP contribution is -2.50. The number of hydrogen-bond donors (Lipinski definition) is 1. The van der Waals surface area contributed by atoms with Crippen molar-refractivity contribution in [3.05, 3.63) is 0 Å². The van der Waals surface area contributed by atoms with Crippen molar-refractivity contribution in [3.8, 4) is 0 Å². The number of piperidine rings is 1. The van der Waals surface area contributed by atoms with Crippen LogP contribution >= 0.6 is 0 Å². The van der Waals surface area contributed by atoms with Crippen LogP contribution in [-0.4, -0.2) is 34.7 Å². The van der Waals surface area contributed by atoms with Crippen LogP contribution in [0.15, 0.2) is 0 Å². The molecule has 1 saturated heterocycles. The fourth-order valence-corrected chi connectivity index (χ4v) is 3.48. The molecular weight excluding hydrogens is 198 g/mol. The van der Waals surface area contributed by atoms with Gasteiger partial charge in [-0.1, -0.05) is 32.6 Å². The Bertz CT molecular complexity index is 211. The van der Waals surface area contributed by atoms with Gasteiger partial charge in [0.1, 0.15) is 0 Å². The summed E-state index contributed by atoms with van der Waals surface area (Å²) < 4.78 is 0. The van der Waals surface area contributed by atoms with Crippen molar-refractivity contribution >= 4 is 0 Å². The zero-order valence-corrected chi connectivity index (χ0v) is 10.7. The van der Waals surface area contributed by atoms with Gasteiger partial charge in [-0.25, -0.2) is 0 Å². The third-order valence-corrected chi connectivity index (χ3v) is 4.50. The number of likely N-dealkylation sites (tertiary alicyclic amines) is 1. The summed E-state index contributed by atoms with van der Waals surface area (Å²) in [5, 5.41) is 10.6. The maximum atomic E-state index is 10.6. The van der Waals surface area contributed by atoms with Gasteiger partial charge in [0.25, 0.3) is 0 Å². The van der Waals surface area contributed by atoms with Crippen LogP contribution in [0, 0.1) is 0 Å². The van der Waals surface area contributed by atoms with Crippen LogP contribution in [0.5, 0.6) is 0 Å². The molecule has 1 heterocycles. The molecule has 0 radical (unpaired) electrons. The molecule has 0 spiro atoms. The van der Waals surface area contributed by atoms with E-state index in [0.717, 1.165) is 25.4 Å². The molecule has 94 valence electrons. The highest BCUT2D eigenvalue weighted by atomic mass is 16.3. The quantitative estimate of drug-likeness (QED) is 0.798. The van der Waals surface area contributed by atoms with Crippen LogP contribution in [0.3, 0.4) is 0 Å². The Morgan fingerprint density at radius 3 is 2.56 bits per heavy atom. The van der Waals surface area contributed by atoms with Crippen LogP contribution in [0.25, 0.3) is 0 Å². The summed E-state index contributed by atoms with van der Waals surface area (Å²) in [6.45, 7) is 4.43. The molecule has 2 nitrogen and oxygen atoms in total. The van der Waals surface area contributed by atoms with Gasteiger partial charge >= 0.3 is 0 Å². The minimum atomic E-state index is -0.358. The Labute approximate surface area is 100 Å². The summed E-state index contributed by atoms with van der Waals surface area (Å²) in [7, 11) is 0. The van der Waals surface area contributed by atoms with Crippen molar-refractivity contribution in [2.45, 2.75) is 76.4 Å². The van der Waals surface area contributed by atoms with E-state index < -0.39 is 0 Å². The molecule has 1 atom stereocenters. The molecule has 0 aromatic rings. The second-order valence-corrected chi connectivity index (χ2v) is 5.81. The zero-order chi connectivity index (χ0) is 11.4. The Hall–Kier alpha value is -0.0800. The lowest BCUT2D eigenvalue weighted by atomic mass is 9.83. The summed E-state index contributed by atoms with van der Waals surface area (Å²) in [4.78, 5) is 2.56. The molecule has 1 aliphatic heterocycles. The molecule has 0 amide bonds. The Morgan fingerprint density at radius 1 is 1.12 bits per heavy atom. The van der Waals surface area contributed by atoms with E-state index in [-0.39, 0.29) is 5.60 Å². The van der Waals surface area contributed by atoms with Crippen molar-refractivity contribution < 1.29 is 5.11 Å². The summed E-state index contributed by atoms with van der Waals surface area (Å²) in [6, 6.07) is 0.736. The van der Waals surface area contributed by atoms with Crippen molar-refractivity contribution in [1.82, 2.24) is 4.90 Å². The topological polar surface area (TPSA) is 23.5 Å². The van der Waals surface area contributed by atoms with Crippen LogP contribution in [0.1, 0.15) is 64.7 Å². The summed E-state index contributed by atoms with van der Waals surface area (Å²) >= 11 is 0. The maximum absolute atomic E-state index is 10.6. The molecule has 0 aromatic carbocycles. The van der Waals surface area contributed by atoms with Gasteiger partial charge in [-0.2, -0.15) is 0 Å². The molecule has 2 rings (SSSR count). The second kappa shape index (κ2) is 5.50. The highest BCUT2D eigenvalue weighted by molar-refractivity contribution is 4.88. The lowest BCUT2D eigenvalue weighted by molar-refractivity contribution is -0.0424. The van der Waals surface area contributed by atoms with Crippen LogP contribution in [0.2, 0.25) is 0 Å². The van der Waals surface area contributed by atoms with Crippen molar-refractivity contribution in [1.29, 1.82) is 0 Å². The van der Waals surface area contributed by atoms with E-state index in [1.165, 1.54) is 51.5 Å². The van der Waals surface area contributed by atoms with Crippen molar-refractivity contribution in [2.24, 2.45) is 0 Å². The van der Waals surface area contributed by atoms with Crippen LogP contribution < -0.4 is 0 Å². The highest BCUT2D eigenvalue weighted by Gasteiger charge is 2.33. The molecule has 1 aliphatic carbocycles. The first-order valence-corrected chi connectivity index (χ1v) is 7.20. The third kappa shape index (κ3) is 2.98. The molecule has 2 fully saturated rings. The van der Waals surface area contributed by atoms with Crippen molar-refractivity contribution in [3.63, 3.8) is 0 Å². The molecule has 1 saturated carbocycles. The van der Waals surface area contributed by atoms with E-state index in [2.05, 4.69) is 11.8 Å². The molecule has 0 bridgehead atoms. The van der Waals surface area contributed by atoms with Gasteiger partial charge in [0, 0.05) is 12.6 Å². The van der Waals surface area contributed by atoms with Gasteiger partial charge in [-0.3, -0.25) is 4.90 Å². The summed E-state index contributed by atoms with van der Waals surface area (Å²) in [5.41, 5.74) is -0.358. The Kier molecular flexibility index (Phi) is 4.26. The first-order chi connectivity index (χ1) is 7.73. The predicted molar refractivity (Wildman–Crippen MR) is 67.5 cm³/mol. The number of aliphatic hydroxyl groups is 1. The number of β-amino-alcohol motifs (C(OH)–C–C–N with tert-alkyl or cyclic N) is 1. The number of hydrogen-bond acceptors (Lipinski definition) is 2. The zero-order valence-electron chi connectivity index (χ0n) is 10.7. The molecule has 1 unspecified atom stereocenters. The maximum Gasteiger partial charge on any atom is 0.0774 e. The molecule has 0 aromatic heterocycles. The predicted octanol–water partition coefficient (Wildman–Crippen LogP) is 2.95. The molecule has 2 heteroatoms. The van der Waals surface area contributed by atoms with Crippen LogP contribution in [-0.2, 0) is 0 Å². The summed E-state index contributed by atoms with van der Waals surface area (Å²) in [5.74, 6) is 0. The second-order valence-electron chi connectivity index (χ2n) is 5.81. The normalized spacial score (nSPS) is 31.5. The fourth-order valence-electron chi connectivity index (χ4n) is 3.48. The van der Waals surface area contributed by atoms with E-state index in [9.17, 15) is 5.11 Å². The first kappa shape index (κ1) is 12.4. The van der Waals surface area contributed by atoms with Gasteiger partial charge in [-0.05, 0) is 38.6 Å². The minimum Gasteiger partial charge on any atom is -0.389 e. The van der Waals surface area contributed by atoms with Gasteiger partial charge in [0.05, 0.1) is 5.60 Å². The van der Waals surface area contributed by atoms with E-state index in [1.54, 1.807) is 0 Å².